The van der Waals surface area contributed by atoms with Gasteiger partial charge in [0, 0.05) is 42.7 Å². The molecule has 0 unspecified atom stereocenters. The van der Waals surface area contributed by atoms with Crippen LogP contribution in [0.2, 0.25) is 0 Å². The van der Waals surface area contributed by atoms with E-state index in [1.165, 1.54) is 0 Å². The fourth-order valence-corrected chi connectivity index (χ4v) is 4.93. The lowest BCUT2D eigenvalue weighted by molar-refractivity contribution is -0.0443. The first kappa shape index (κ1) is 17.5. The number of alkyl halides is 2. The molecular formula is C17H26F2NOP. The molecule has 1 fully saturated rings. The van der Waals surface area contributed by atoms with Crippen molar-refractivity contribution in [3.8, 4) is 0 Å². The average molecular weight is 329 g/mol. The molecule has 0 saturated heterocycles. The number of hydrogen-bond acceptors (Lipinski definition) is 2. The highest BCUT2D eigenvalue weighted by molar-refractivity contribution is 7.71. The van der Waals surface area contributed by atoms with Crippen LogP contribution < -0.4 is 10.6 Å². The van der Waals surface area contributed by atoms with Crippen molar-refractivity contribution in [2.75, 3.05) is 24.2 Å². The average Bonchev–Trinajstić information content (AvgIpc) is 2.53. The van der Waals surface area contributed by atoms with Crippen LogP contribution in [0.15, 0.2) is 24.3 Å². The first-order chi connectivity index (χ1) is 10.4. The lowest BCUT2D eigenvalue weighted by Gasteiger charge is -2.28. The molecule has 0 bridgehead atoms. The minimum Gasteiger partial charge on any atom is -0.385 e. The van der Waals surface area contributed by atoms with E-state index in [9.17, 15) is 13.3 Å². The zero-order valence-electron chi connectivity index (χ0n) is 13.4. The topological polar surface area (TPSA) is 29.1 Å². The predicted molar refractivity (Wildman–Crippen MR) is 90.2 cm³/mol. The summed E-state index contributed by atoms with van der Waals surface area (Å²) in [6.45, 7) is 4.64. The van der Waals surface area contributed by atoms with Crippen molar-refractivity contribution in [3.63, 3.8) is 0 Å². The maximum Gasteiger partial charge on any atom is 0.248 e. The molecule has 124 valence electrons. The molecule has 0 spiro atoms. The van der Waals surface area contributed by atoms with Crippen molar-refractivity contribution in [2.45, 2.75) is 45.5 Å². The minimum atomic E-state index is -2.47. The van der Waals surface area contributed by atoms with Gasteiger partial charge >= 0.3 is 0 Å². The Balaban J connectivity index is 1.96. The molecule has 2 nitrogen and oxygen atoms in total. The summed E-state index contributed by atoms with van der Waals surface area (Å²) in [5.41, 5.74) is 0.942. The lowest BCUT2D eigenvalue weighted by atomic mass is 9.87. The maximum atomic E-state index is 13.2. The Labute approximate surface area is 132 Å². The van der Waals surface area contributed by atoms with E-state index in [2.05, 4.69) is 5.32 Å². The molecule has 1 aromatic carbocycles. The van der Waals surface area contributed by atoms with Crippen LogP contribution in [0.3, 0.4) is 0 Å². The van der Waals surface area contributed by atoms with Gasteiger partial charge in [-0.05, 0) is 30.9 Å². The van der Waals surface area contributed by atoms with Crippen LogP contribution in [0.25, 0.3) is 0 Å². The summed E-state index contributed by atoms with van der Waals surface area (Å²) in [6, 6.07) is 7.77. The molecule has 1 saturated carbocycles. The van der Waals surface area contributed by atoms with E-state index in [1.807, 2.05) is 38.1 Å². The molecule has 0 aromatic heterocycles. The van der Waals surface area contributed by atoms with Crippen molar-refractivity contribution in [1.82, 2.24) is 0 Å². The molecule has 1 aromatic rings. The van der Waals surface area contributed by atoms with E-state index < -0.39 is 13.1 Å². The van der Waals surface area contributed by atoms with Crippen LogP contribution in [0.5, 0.6) is 0 Å². The van der Waals surface area contributed by atoms with Crippen molar-refractivity contribution in [2.24, 2.45) is 5.92 Å². The molecule has 0 aliphatic heterocycles. The fraction of sp³-hybridized carbons (Fsp3) is 0.647. The Morgan fingerprint density at radius 1 is 1.23 bits per heavy atom. The normalized spacial score (nSPS) is 19.1. The molecule has 1 aliphatic carbocycles. The first-order valence-electron chi connectivity index (χ1n) is 8.19. The highest BCUT2D eigenvalue weighted by Gasteiger charge is 2.34. The standard InChI is InChI=1S/C17H26F2NOP/c1-3-22(21,4-2)16-7-5-6-15(12-16)20-13-14-8-10-17(18,19)11-9-14/h5-7,12,14,20H,3-4,8-11,13H2,1-2H3. The van der Waals surface area contributed by atoms with Gasteiger partial charge in [0.2, 0.25) is 5.92 Å². The highest BCUT2D eigenvalue weighted by atomic mass is 31.2. The summed E-state index contributed by atoms with van der Waals surface area (Å²) in [6.07, 6.45) is 2.49. The first-order valence-corrected chi connectivity index (χ1v) is 10.3. The summed E-state index contributed by atoms with van der Waals surface area (Å²) in [7, 11) is -2.27. The van der Waals surface area contributed by atoms with Gasteiger partial charge in [0.05, 0.1) is 0 Å². The smallest absolute Gasteiger partial charge is 0.248 e. The predicted octanol–water partition coefficient (Wildman–Crippen LogP) is 4.95. The highest BCUT2D eigenvalue weighted by Crippen LogP contribution is 2.43. The fourth-order valence-electron chi connectivity index (χ4n) is 3.02. The number of nitrogens with one attached hydrogen (secondary N) is 1. The van der Waals surface area contributed by atoms with Crippen LogP contribution in [-0.2, 0) is 4.57 Å². The van der Waals surface area contributed by atoms with E-state index in [0.29, 0.717) is 37.6 Å². The Hall–Kier alpha value is -0.890. The molecule has 22 heavy (non-hydrogen) atoms. The summed E-state index contributed by atoms with van der Waals surface area (Å²) in [5.74, 6) is -2.17. The molecule has 0 radical (unpaired) electrons. The monoisotopic (exact) mass is 329 g/mol. The molecular weight excluding hydrogens is 303 g/mol. The zero-order valence-corrected chi connectivity index (χ0v) is 14.3. The third-order valence-electron chi connectivity index (χ3n) is 4.77. The molecule has 1 N–H and O–H groups in total. The quantitative estimate of drug-likeness (QED) is 0.748. The van der Waals surface area contributed by atoms with Gasteiger partial charge in [-0.2, -0.15) is 0 Å². The Bertz CT molecular complexity index is 529. The Morgan fingerprint density at radius 3 is 2.45 bits per heavy atom. The van der Waals surface area contributed by atoms with E-state index >= 15 is 0 Å². The van der Waals surface area contributed by atoms with Gasteiger partial charge in [-0.15, -0.1) is 0 Å². The van der Waals surface area contributed by atoms with Crippen molar-refractivity contribution in [3.05, 3.63) is 24.3 Å². The number of benzene rings is 1. The SMILES string of the molecule is CCP(=O)(CC)c1cccc(NCC2CCC(F)(F)CC2)c1. The second kappa shape index (κ2) is 7.12. The van der Waals surface area contributed by atoms with Gasteiger partial charge in [-0.3, -0.25) is 0 Å². The molecule has 0 atom stereocenters. The van der Waals surface area contributed by atoms with E-state index in [0.717, 1.165) is 11.0 Å². The van der Waals surface area contributed by atoms with Gasteiger partial charge in [-0.1, -0.05) is 26.0 Å². The number of anilines is 1. The van der Waals surface area contributed by atoms with E-state index in [1.54, 1.807) is 0 Å². The van der Waals surface area contributed by atoms with Gasteiger partial charge < -0.3 is 9.88 Å². The minimum absolute atomic E-state index is 0.000256. The third kappa shape index (κ3) is 4.32. The number of halogens is 2. The van der Waals surface area contributed by atoms with Gasteiger partial charge in [0.1, 0.15) is 7.14 Å². The molecule has 1 aliphatic rings. The molecule has 0 heterocycles. The summed E-state index contributed by atoms with van der Waals surface area (Å²) < 4.78 is 39.1. The van der Waals surface area contributed by atoms with Gasteiger partial charge in [0.25, 0.3) is 0 Å². The number of hydrogen-bond donors (Lipinski definition) is 1. The summed E-state index contributed by atoms with van der Waals surface area (Å²) in [4.78, 5) is 0. The van der Waals surface area contributed by atoms with Crippen LogP contribution in [0.4, 0.5) is 14.5 Å². The Morgan fingerprint density at radius 2 is 1.86 bits per heavy atom. The Kier molecular flexibility index (Phi) is 5.65. The van der Waals surface area contributed by atoms with Crippen molar-refractivity contribution < 1.29 is 13.3 Å². The molecule has 2 rings (SSSR count). The van der Waals surface area contributed by atoms with Gasteiger partial charge in [-0.25, -0.2) is 8.78 Å². The van der Waals surface area contributed by atoms with Crippen LogP contribution >= 0.6 is 7.14 Å². The number of rotatable bonds is 6. The second-order valence-corrected chi connectivity index (χ2v) is 9.81. The van der Waals surface area contributed by atoms with Crippen molar-refractivity contribution in [1.29, 1.82) is 0 Å². The van der Waals surface area contributed by atoms with Gasteiger partial charge in [0.15, 0.2) is 0 Å². The third-order valence-corrected chi connectivity index (χ3v) is 8.03. The molecule has 5 heteroatoms. The summed E-state index contributed by atoms with van der Waals surface area (Å²) >= 11 is 0. The largest absolute Gasteiger partial charge is 0.385 e. The zero-order chi connectivity index (χ0) is 16.2. The maximum absolute atomic E-state index is 13.2. The van der Waals surface area contributed by atoms with E-state index in [4.69, 9.17) is 0 Å². The van der Waals surface area contributed by atoms with Crippen LogP contribution in [0.1, 0.15) is 39.5 Å². The summed E-state index contributed by atoms with van der Waals surface area (Å²) in [5, 5.41) is 4.25. The van der Waals surface area contributed by atoms with Crippen LogP contribution in [-0.4, -0.2) is 24.8 Å². The van der Waals surface area contributed by atoms with Crippen molar-refractivity contribution >= 4 is 18.1 Å². The van der Waals surface area contributed by atoms with Crippen LogP contribution in [0, 0.1) is 5.92 Å². The molecule has 0 amide bonds. The second-order valence-electron chi connectivity index (χ2n) is 6.25. The van der Waals surface area contributed by atoms with E-state index in [-0.39, 0.29) is 12.8 Å². The lowest BCUT2D eigenvalue weighted by Crippen LogP contribution is -2.28.